The van der Waals surface area contributed by atoms with Crippen LogP contribution in [0.25, 0.3) is 27.8 Å². The molecule has 1 fully saturated rings. The second kappa shape index (κ2) is 8.79. The fourth-order valence-corrected chi connectivity index (χ4v) is 3.95. The van der Waals surface area contributed by atoms with Gasteiger partial charge in [-0.15, -0.1) is 24.8 Å². The third-order valence-electron chi connectivity index (χ3n) is 5.41. The first-order valence-corrected chi connectivity index (χ1v) is 9.60. The third kappa shape index (κ3) is 3.97. The molecule has 1 aromatic carbocycles. The van der Waals surface area contributed by atoms with E-state index < -0.39 is 0 Å². The van der Waals surface area contributed by atoms with Crippen molar-refractivity contribution in [1.82, 2.24) is 30.1 Å². The lowest BCUT2D eigenvalue weighted by molar-refractivity contribution is 0.452. The van der Waals surface area contributed by atoms with Crippen LogP contribution in [0.15, 0.2) is 30.5 Å². The summed E-state index contributed by atoms with van der Waals surface area (Å²) in [7, 11) is 0. The molecule has 30 heavy (non-hydrogen) atoms. The highest BCUT2D eigenvalue weighted by atomic mass is 35.5. The highest BCUT2D eigenvalue weighted by Gasteiger charge is 2.19. The molecule has 5 rings (SSSR count). The molecular weight excluding hydrogens is 426 g/mol. The zero-order valence-electron chi connectivity index (χ0n) is 16.7. The molecule has 4 aromatic rings. The third-order valence-corrected chi connectivity index (χ3v) is 5.41. The summed E-state index contributed by atoms with van der Waals surface area (Å²) >= 11 is 0. The second-order valence-corrected chi connectivity index (χ2v) is 7.57. The van der Waals surface area contributed by atoms with Crippen LogP contribution in [0, 0.1) is 19.7 Å². The van der Waals surface area contributed by atoms with E-state index in [0.717, 1.165) is 48.5 Å². The molecular formula is C21H23Cl2FN6. The highest BCUT2D eigenvalue weighted by Crippen LogP contribution is 2.29. The molecule has 9 heteroatoms. The molecule has 1 aliphatic rings. The van der Waals surface area contributed by atoms with Crippen LogP contribution in [-0.2, 0) is 0 Å². The maximum atomic E-state index is 15.0. The summed E-state index contributed by atoms with van der Waals surface area (Å²) in [6.07, 6.45) is 4.03. The summed E-state index contributed by atoms with van der Waals surface area (Å²) in [5.74, 6) is -0.00490. The molecule has 0 aliphatic carbocycles. The van der Waals surface area contributed by atoms with Gasteiger partial charge in [-0.2, -0.15) is 15.3 Å². The Morgan fingerprint density at radius 1 is 1.10 bits per heavy atom. The predicted octanol–water partition coefficient (Wildman–Crippen LogP) is 4.41. The molecule has 0 spiro atoms. The van der Waals surface area contributed by atoms with Crippen LogP contribution in [0.1, 0.15) is 35.7 Å². The van der Waals surface area contributed by atoms with Crippen LogP contribution >= 0.6 is 24.8 Å². The van der Waals surface area contributed by atoms with Crippen molar-refractivity contribution in [3.63, 3.8) is 0 Å². The molecule has 0 bridgehead atoms. The quantitative estimate of drug-likeness (QED) is 0.491. The average Bonchev–Trinajstić information content (AvgIpc) is 3.09. The number of aryl methyl sites for hydroxylation is 2. The Labute approximate surface area is 186 Å². The fourth-order valence-electron chi connectivity index (χ4n) is 3.95. The molecule has 1 atom stereocenters. The summed E-state index contributed by atoms with van der Waals surface area (Å²) in [6.45, 7) is 5.81. The number of piperidine rings is 1. The Morgan fingerprint density at radius 3 is 2.70 bits per heavy atom. The Kier molecular flexibility index (Phi) is 6.55. The Hall–Kier alpha value is -2.35. The second-order valence-electron chi connectivity index (χ2n) is 7.57. The molecule has 0 saturated carbocycles. The maximum Gasteiger partial charge on any atom is 0.156 e. The van der Waals surface area contributed by atoms with E-state index in [1.165, 1.54) is 6.07 Å². The normalized spacial score (nSPS) is 16.3. The van der Waals surface area contributed by atoms with Crippen LogP contribution in [0.2, 0.25) is 0 Å². The van der Waals surface area contributed by atoms with Crippen LogP contribution in [-0.4, -0.2) is 37.9 Å². The molecule has 1 N–H and O–H groups in total. The average molecular weight is 449 g/mol. The van der Waals surface area contributed by atoms with Crippen LogP contribution in [0.5, 0.6) is 0 Å². The summed E-state index contributed by atoms with van der Waals surface area (Å²) in [6, 6.07) is 7.16. The Balaban J connectivity index is 0.00000128. The number of halogens is 3. The molecule has 1 unspecified atom stereocenters. The summed E-state index contributed by atoms with van der Waals surface area (Å²) in [4.78, 5) is 4.47. The topological polar surface area (TPSA) is 68.0 Å². The van der Waals surface area contributed by atoms with Crippen molar-refractivity contribution in [3.05, 3.63) is 53.2 Å². The van der Waals surface area contributed by atoms with Crippen molar-refractivity contribution in [1.29, 1.82) is 0 Å². The van der Waals surface area contributed by atoms with Gasteiger partial charge in [0.2, 0.25) is 0 Å². The number of fused-ring (bicyclic) bond motifs is 2. The van der Waals surface area contributed by atoms with Crippen molar-refractivity contribution in [2.45, 2.75) is 32.6 Å². The monoisotopic (exact) mass is 448 g/mol. The zero-order chi connectivity index (χ0) is 19.3. The van der Waals surface area contributed by atoms with E-state index in [2.05, 4.69) is 25.6 Å². The lowest BCUT2D eigenvalue weighted by Gasteiger charge is -2.21. The van der Waals surface area contributed by atoms with Crippen molar-refractivity contribution >= 4 is 41.4 Å². The Bertz CT molecular complexity index is 1200. The number of hydrogen-bond donors (Lipinski definition) is 1. The van der Waals surface area contributed by atoms with Gasteiger partial charge in [-0.1, -0.05) is 0 Å². The van der Waals surface area contributed by atoms with Gasteiger partial charge in [-0.05, 0) is 63.1 Å². The molecule has 4 heterocycles. The molecule has 6 nitrogen and oxygen atoms in total. The first-order valence-electron chi connectivity index (χ1n) is 9.60. The number of hydrogen-bond acceptors (Lipinski definition) is 5. The first-order chi connectivity index (χ1) is 13.6. The van der Waals surface area contributed by atoms with Crippen molar-refractivity contribution < 1.29 is 4.39 Å². The number of nitrogens with zero attached hydrogens (tertiary/aromatic N) is 5. The van der Waals surface area contributed by atoms with Gasteiger partial charge in [0.25, 0.3) is 0 Å². The minimum Gasteiger partial charge on any atom is -0.316 e. The molecule has 1 aliphatic heterocycles. The number of imidazole rings is 1. The lowest BCUT2D eigenvalue weighted by Crippen LogP contribution is -2.29. The van der Waals surface area contributed by atoms with E-state index in [0.29, 0.717) is 28.1 Å². The van der Waals surface area contributed by atoms with E-state index in [1.54, 1.807) is 4.52 Å². The SMILES string of the molecule is Cc1cn2nc(-c3cc(F)c4cc(C5CCCNC5)nnc4c3)cc(C)c2n1.Cl.Cl. The van der Waals surface area contributed by atoms with Crippen molar-refractivity contribution in [2.24, 2.45) is 0 Å². The van der Waals surface area contributed by atoms with Gasteiger partial charge >= 0.3 is 0 Å². The van der Waals surface area contributed by atoms with Crippen LogP contribution in [0.4, 0.5) is 4.39 Å². The molecule has 3 aromatic heterocycles. The first kappa shape index (κ1) is 22.3. The van der Waals surface area contributed by atoms with Gasteiger partial charge in [0.15, 0.2) is 5.65 Å². The number of benzene rings is 1. The van der Waals surface area contributed by atoms with E-state index in [-0.39, 0.29) is 30.6 Å². The van der Waals surface area contributed by atoms with Gasteiger partial charge in [0, 0.05) is 23.4 Å². The van der Waals surface area contributed by atoms with Gasteiger partial charge in [0.1, 0.15) is 5.82 Å². The summed E-state index contributed by atoms with van der Waals surface area (Å²) in [5, 5.41) is 17.2. The zero-order valence-corrected chi connectivity index (χ0v) is 18.4. The maximum absolute atomic E-state index is 15.0. The van der Waals surface area contributed by atoms with Crippen molar-refractivity contribution in [2.75, 3.05) is 13.1 Å². The summed E-state index contributed by atoms with van der Waals surface area (Å²) in [5.41, 5.74) is 5.47. The minimum absolute atomic E-state index is 0. The van der Waals surface area contributed by atoms with Gasteiger partial charge in [0.05, 0.1) is 28.8 Å². The molecule has 0 radical (unpaired) electrons. The molecule has 158 valence electrons. The van der Waals surface area contributed by atoms with E-state index in [4.69, 9.17) is 0 Å². The minimum atomic E-state index is -0.297. The Morgan fingerprint density at radius 2 is 1.93 bits per heavy atom. The molecule has 0 amide bonds. The highest BCUT2D eigenvalue weighted by molar-refractivity contribution is 5.86. The number of nitrogens with one attached hydrogen (secondary N) is 1. The summed E-state index contributed by atoms with van der Waals surface area (Å²) < 4.78 is 16.7. The van der Waals surface area contributed by atoms with Crippen LogP contribution in [0.3, 0.4) is 0 Å². The van der Waals surface area contributed by atoms with Gasteiger partial charge in [-0.3, -0.25) is 0 Å². The number of aromatic nitrogens is 5. The predicted molar refractivity (Wildman–Crippen MR) is 120 cm³/mol. The van der Waals surface area contributed by atoms with Crippen molar-refractivity contribution in [3.8, 4) is 11.3 Å². The van der Waals surface area contributed by atoms with E-state index >= 15 is 0 Å². The van der Waals surface area contributed by atoms with Gasteiger partial charge in [-0.25, -0.2) is 13.9 Å². The van der Waals surface area contributed by atoms with Gasteiger partial charge < -0.3 is 5.32 Å². The standard InChI is InChI=1S/C21H21FN6.2ClH/c1-12-6-19(27-28-11-13(2)24-21(12)28)15-7-17(22)16-9-18(25-26-20(16)8-15)14-4-3-5-23-10-14;;/h6-9,11,14,23H,3-5,10H2,1-2H3;2*1H. The molecule has 1 saturated heterocycles. The largest absolute Gasteiger partial charge is 0.316 e. The lowest BCUT2D eigenvalue weighted by atomic mass is 9.95. The van der Waals surface area contributed by atoms with Crippen LogP contribution < -0.4 is 5.32 Å². The number of rotatable bonds is 2. The van der Waals surface area contributed by atoms with E-state index in [1.807, 2.05) is 38.2 Å². The van der Waals surface area contributed by atoms with E-state index in [9.17, 15) is 4.39 Å². The fraction of sp³-hybridized carbons (Fsp3) is 0.333. The smallest absolute Gasteiger partial charge is 0.156 e.